The lowest BCUT2D eigenvalue weighted by Gasteiger charge is -2.38. The smallest absolute Gasteiger partial charge is 0.337 e. The third kappa shape index (κ3) is 3.51. The number of aliphatic imine (C=N–C) groups is 1. The van der Waals surface area contributed by atoms with E-state index in [0.29, 0.717) is 29.7 Å². The summed E-state index contributed by atoms with van der Waals surface area (Å²) < 4.78 is 9.76. The fourth-order valence-corrected chi connectivity index (χ4v) is 4.18. The van der Waals surface area contributed by atoms with E-state index in [-0.39, 0.29) is 11.2 Å². The highest BCUT2D eigenvalue weighted by atomic mass is 16.5. The Morgan fingerprint density at radius 3 is 2.29 bits per heavy atom. The zero-order valence-electron chi connectivity index (χ0n) is 16.9. The van der Waals surface area contributed by atoms with E-state index in [4.69, 9.17) is 9.47 Å². The van der Waals surface area contributed by atoms with E-state index >= 15 is 0 Å². The molecule has 0 radical (unpaired) electrons. The minimum atomic E-state index is -0.669. The maximum Gasteiger partial charge on any atom is 0.337 e. The second-order valence-corrected chi connectivity index (χ2v) is 8.15. The Morgan fingerprint density at radius 2 is 1.71 bits per heavy atom. The molecule has 1 aliphatic carbocycles. The quantitative estimate of drug-likeness (QED) is 0.747. The molecule has 1 aromatic carbocycles. The lowest BCUT2D eigenvalue weighted by molar-refractivity contribution is -0.143. The van der Waals surface area contributed by atoms with Crippen molar-refractivity contribution in [2.45, 2.75) is 39.5 Å². The molecule has 0 saturated heterocycles. The second-order valence-electron chi connectivity index (χ2n) is 8.15. The van der Waals surface area contributed by atoms with Crippen molar-refractivity contribution in [2.24, 2.45) is 16.3 Å². The van der Waals surface area contributed by atoms with Gasteiger partial charge in [-0.1, -0.05) is 26.0 Å². The van der Waals surface area contributed by atoms with Crippen molar-refractivity contribution < 1.29 is 23.9 Å². The van der Waals surface area contributed by atoms with Crippen molar-refractivity contribution in [1.29, 1.82) is 0 Å². The molecule has 28 heavy (non-hydrogen) atoms. The van der Waals surface area contributed by atoms with E-state index < -0.39 is 23.8 Å². The molecule has 148 valence electrons. The SMILES string of the molecule is COC(=O)c1ccc([C@H]2C3=C(CC(C)(C)CC3=O)N=C(C)C2C(=O)OC)cc1. The Labute approximate surface area is 164 Å². The molecule has 0 aromatic heterocycles. The average molecular weight is 383 g/mol. The van der Waals surface area contributed by atoms with Gasteiger partial charge in [-0.15, -0.1) is 0 Å². The molecule has 0 bridgehead atoms. The Bertz CT molecular complexity index is 892. The molecular formula is C22H25NO5. The Balaban J connectivity index is 2.14. The number of esters is 2. The largest absolute Gasteiger partial charge is 0.468 e. The maximum atomic E-state index is 13.1. The number of carbonyl (C=O) groups excluding carboxylic acids is 3. The molecular weight excluding hydrogens is 358 g/mol. The van der Waals surface area contributed by atoms with Gasteiger partial charge in [0.15, 0.2) is 5.78 Å². The molecule has 1 heterocycles. The van der Waals surface area contributed by atoms with Crippen LogP contribution in [0.5, 0.6) is 0 Å². The Hall–Kier alpha value is -2.76. The van der Waals surface area contributed by atoms with Crippen LogP contribution in [0.4, 0.5) is 0 Å². The van der Waals surface area contributed by atoms with Gasteiger partial charge in [0, 0.05) is 29.3 Å². The van der Waals surface area contributed by atoms with E-state index in [0.717, 1.165) is 11.3 Å². The molecule has 2 aliphatic rings. The lowest BCUT2D eigenvalue weighted by Crippen LogP contribution is -2.39. The topological polar surface area (TPSA) is 82.0 Å². The van der Waals surface area contributed by atoms with Gasteiger partial charge in [0.2, 0.25) is 0 Å². The summed E-state index contributed by atoms with van der Waals surface area (Å²) in [6, 6.07) is 6.83. The minimum Gasteiger partial charge on any atom is -0.468 e. The van der Waals surface area contributed by atoms with Crippen LogP contribution < -0.4 is 0 Å². The fourth-order valence-electron chi connectivity index (χ4n) is 4.18. The third-order valence-corrected chi connectivity index (χ3v) is 5.45. The number of rotatable bonds is 3. The highest BCUT2D eigenvalue weighted by molar-refractivity contribution is 6.09. The number of benzene rings is 1. The Kier molecular flexibility index (Phi) is 5.24. The first-order valence-corrected chi connectivity index (χ1v) is 9.26. The molecule has 1 aliphatic heterocycles. The number of allylic oxidation sites excluding steroid dienone is 2. The van der Waals surface area contributed by atoms with Crippen LogP contribution in [0.15, 0.2) is 40.5 Å². The maximum absolute atomic E-state index is 13.1. The van der Waals surface area contributed by atoms with Crippen LogP contribution in [-0.2, 0) is 19.1 Å². The highest BCUT2D eigenvalue weighted by Gasteiger charge is 2.45. The first-order chi connectivity index (χ1) is 13.2. The minimum absolute atomic E-state index is 0.0125. The van der Waals surface area contributed by atoms with Crippen molar-refractivity contribution in [1.82, 2.24) is 0 Å². The van der Waals surface area contributed by atoms with Gasteiger partial charge in [0.25, 0.3) is 0 Å². The molecule has 3 rings (SSSR count). The normalized spacial score (nSPS) is 23.6. The van der Waals surface area contributed by atoms with Crippen LogP contribution in [-0.4, -0.2) is 37.7 Å². The average Bonchev–Trinajstić information content (AvgIpc) is 2.64. The summed E-state index contributed by atoms with van der Waals surface area (Å²) in [5.41, 5.74) is 2.99. The summed E-state index contributed by atoms with van der Waals surface area (Å²) in [4.78, 5) is 42.0. The number of nitrogens with zero attached hydrogens (tertiary/aromatic N) is 1. The van der Waals surface area contributed by atoms with E-state index in [1.54, 1.807) is 31.2 Å². The van der Waals surface area contributed by atoms with Gasteiger partial charge in [-0.3, -0.25) is 14.6 Å². The fraction of sp³-hybridized carbons (Fsp3) is 0.455. The summed E-state index contributed by atoms with van der Waals surface area (Å²) >= 11 is 0. The van der Waals surface area contributed by atoms with Gasteiger partial charge in [-0.05, 0) is 36.5 Å². The third-order valence-electron chi connectivity index (χ3n) is 5.45. The summed E-state index contributed by atoms with van der Waals surface area (Å²) in [6.07, 6.45) is 1.08. The van der Waals surface area contributed by atoms with Crippen molar-refractivity contribution in [2.75, 3.05) is 14.2 Å². The number of carbonyl (C=O) groups is 3. The predicted molar refractivity (Wildman–Crippen MR) is 104 cm³/mol. The van der Waals surface area contributed by atoms with Crippen molar-refractivity contribution in [3.63, 3.8) is 0 Å². The molecule has 0 spiro atoms. The van der Waals surface area contributed by atoms with E-state index in [2.05, 4.69) is 4.99 Å². The second kappa shape index (κ2) is 7.34. The van der Waals surface area contributed by atoms with Gasteiger partial charge in [0.05, 0.1) is 19.8 Å². The van der Waals surface area contributed by atoms with Crippen LogP contribution in [0, 0.1) is 11.3 Å². The van der Waals surface area contributed by atoms with Gasteiger partial charge in [-0.25, -0.2) is 4.79 Å². The van der Waals surface area contributed by atoms with Crippen LogP contribution in [0.3, 0.4) is 0 Å². The molecule has 0 saturated carbocycles. The van der Waals surface area contributed by atoms with Gasteiger partial charge >= 0.3 is 11.9 Å². The number of Topliss-reactive ketones (excluding diaryl/α,β-unsaturated/α-hetero) is 1. The van der Waals surface area contributed by atoms with Crippen LogP contribution in [0.1, 0.15) is 55.5 Å². The molecule has 6 nitrogen and oxygen atoms in total. The number of methoxy groups -OCH3 is 2. The Morgan fingerprint density at radius 1 is 1.07 bits per heavy atom. The van der Waals surface area contributed by atoms with Crippen LogP contribution >= 0.6 is 0 Å². The number of hydrogen-bond acceptors (Lipinski definition) is 6. The first-order valence-electron chi connectivity index (χ1n) is 9.26. The van der Waals surface area contributed by atoms with Gasteiger partial charge in [-0.2, -0.15) is 0 Å². The summed E-state index contributed by atoms with van der Waals surface area (Å²) in [6.45, 7) is 5.89. The van der Waals surface area contributed by atoms with Crippen molar-refractivity contribution in [3.05, 3.63) is 46.7 Å². The van der Waals surface area contributed by atoms with Crippen molar-refractivity contribution >= 4 is 23.4 Å². The molecule has 0 fully saturated rings. The van der Waals surface area contributed by atoms with Crippen molar-refractivity contribution in [3.8, 4) is 0 Å². The van der Waals surface area contributed by atoms with Gasteiger partial charge < -0.3 is 9.47 Å². The molecule has 0 amide bonds. The standard InChI is InChI=1S/C22H25NO5/c1-12-17(21(26)28-5)18(13-6-8-14(9-7-13)20(25)27-4)19-15(23-12)10-22(2,3)11-16(19)24/h6-9,17-18H,10-11H2,1-5H3/t17?,18-/m1/s1. The highest BCUT2D eigenvalue weighted by Crippen LogP contribution is 2.47. The monoisotopic (exact) mass is 383 g/mol. The number of ketones is 1. The molecule has 2 atom stereocenters. The first kappa shape index (κ1) is 20.0. The number of ether oxygens (including phenoxy) is 2. The summed E-state index contributed by atoms with van der Waals surface area (Å²) in [5.74, 6) is -1.99. The predicted octanol–water partition coefficient (Wildman–Crippen LogP) is 3.46. The molecule has 0 N–H and O–H groups in total. The zero-order chi connectivity index (χ0) is 20.6. The number of hydrogen-bond donors (Lipinski definition) is 0. The molecule has 6 heteroatoms. The van der Waals surface area contributed by atoms with E-state index in [9.17, 15) is 14.4 Å². The summed E-state index contributed by atoms with van der Waals surface area (Å²) in [7, 11) is 2.66. The lowest BCUT2D eigenvalue weighted by atomic mass is 9.67. The van der Waals surface area contributed by atoms with Crippen LogP contribution in [0.25, 0.3) is 0 Å². The molecule has 1 aromatic rings. The van der Waals surface area contributed by atoms with Crippen LogP contribution in [0.2, 0.25) is 0 Å². The van der Waals surface area contributed by atoms with Gasteiger partial charge in [0.1, 0.15) is 5.92 Å². The zero-order valence-corrected chi connectivity index (χ0v) is 16.9. The van der Waals surface area contributed by atoms with E-state index in [1.165, 1.54) is 14.2 Å². The molecule has 1 unspecified atom stereocenters. The van der Waals surface area contributed by atoms with E-state index in [1.807, 2.05) is 13.8 Å². The summed E-state index contributed by atoms with van der Waals surface area (Å²) in [5, 5.41) is 0.